The largest absolute Gasteiger partial charge is 0.394 e. The Bertz CT molecular complexity index is 878. The van der Waals surface area contributed by atoms with E-state index in [1.54, 1.807) is 30.3 Å². The first kappa shape index (κ1) is 14.7. The minimum absolute atomic E-state index is 0.300. The lowest BCUT2D eigenvalue weighted by molar-refractivity contribution is 0.262. The second-order valence-corrected chi connectivity index (χ2v) is 5.28. The first-order chi connectivity index (χ1) is 10.6. The van der Waals surface area contributed by atoms with E-state index in [-0.39, 0.29) is 12.2 Å². The predicted molar refractivity (Wildman–Crippen MR) is 86.4 cm³/mol. The number of fused-ring (bicyclic) bond motifs is 1. The average molecular weight is 316 g/mol. The van der Waals surface area contributed by atoms with Crippen molar-refractivity contribution in [3.05, 3.63) is 69.7 Å². The summed E-state index contributed by atoms with van der Waals surface area (Å²) in [7, 11) is 0. The molecule has 0 spiro atoms. The van der Waals surface area contributed by atoms with Crippen LogP contribution in [-0.4, -0.2) is 21.3 Å². The Morgan fingerprint density at radius 1 is 1.18 bits per heavy atom. The lowest BCUT2D eigenvalue weighted by Gasteiger charge is -2.17. The van der Waals surface area contributed by atoms with Crippen molar-refractivity contribution in [1.29, 1.82) is 0 Å². The Morgan fingerprint density at radius 2 is 1.91 bits per heavy atom. The molecule has 0 amide bonds. The highest BCUT2D eigenvalue weighted by Crippen LogP contribution is 2.22. The number of benzene rings is 2. The van der Waals surface area contributed by atoms with Crippen LogP contribution < -0.4 is 11.3 Å². The zero-order chi connectivity index (χ0) is 15.7. The third-order valence-electron chi connectivity index (χ3n) is 3.42. The summed E-state index contributed by atoms with van der Waals surface area (Å²) in [5.41, 5.74) is 6.71. The van der Waals surface area contributed by atoms with Crippen molar-refractivity contribution < 1.29 is 5.11 Å². The van der Waals surface area contributed by atoms with Crippen LogP contribution in [0.25, 0.3) is 16.6 Å². The van der Waals surface area contributed by atoms with Gasteiger partial charge in [-0.25, -0.2) is 4.98 Å². The highest BCUT2D eigenvalue weighted by atomic mass is 35.5. The second-order valence-electron chi connectivity index (χ2n) is 4.87. The summed E-state index contributed by atoms with van der Waals surface area (Å²) < 4.78 is 1.40. The monoisotopic (exact) mass is 315 g/mol. The summed E-state index contributed by atoms with van der Waals surface area (Å²) in [4.78, 5) is 17.3. The molecule has 1 aromatic heterocycles. The Balaban J connectivity index is 2.44. The van der Waals surface area contributed by atoms with Gasteiger partial charge in [0.1, 0.15) is 5.82 Å². The first-order valence-corrected chi connectivity index (χ1v) is 7.14. The summed E-state index contributed by atoms with van der Waals surface area (Å²) in [6.45, 7) is -0.314. The van der Waals surface area contributed by atoms with Crippen molar-refractivity contribution in [1.82, 2.24) is 9.55 Å². The highest BCUT2D eigenvalue weighted by molar-refractivity contribution is 6.35. The number of para-hydroxylation sites is 1. The number of halogens is 1. The van der Waals surface area contributed by atoms with Gasteiger partial charge in [-0.15, -0.1) is 0 Å². The topological polar surface area (TPSA) is 81.1 Å². The summed E-state index contributed by atoms with van der Waals surface area (Å²) in [5, 5.41) is 10.0. The van der Waals surface area contributed by atoms with Crippen molar-refractivity contribution in [3.63, 3.8) is 0 Å². The molecule has 112 valence electrons. The molecule has 22 heavy (non-hydrogen) atoms. The maximum absolute atomic E-state index is 12.9. The SMILES string of the molecule is NC(CO)c1nc2cccc(Cl)c2c(=O)n1-c1ccccc1. The number of hydrogen-bond acceptors (Lipinski definition) is 4. The number of nitrogens with two attached hydrogens (primary N) is 1. The Hall–Kier alpha value is -2.21. The van der Waals surface area contributed by atoms with Gasteiger partial charge in [0, 0.05) is 0 Å². The summed E-state index contributed by atoms with van der Waals surface area (Å²) in [5.74, 6) is 0.300. The smallest absolute Gasteiger partial charge is 0.267 e. The van der Waals surface area contributed by atoms with E-state index >= 15 is 0 Å². The van der Waals surface area contributed by atoms with Crippen LogP contribution in [0.4, 0.5) is 0 Å². The van der Waals surface area contributed by atoms with E-state index in [2.05, 4.69) is 4.98 Å². The average Bonchev–Trinajstić information content (AvgIpc) is 2.54. The molecule has 6 heteroatoms. The van der Waals surface area contributed by atoms with Crippen molar-refractivity contribution in [3.8, 4) is 5.69 Å². The Morgan fingerprint density at radius 3 is 2.59 bits per heavy atom. The Kier molecular flexibility index (Phi) is 3.94. The van der Waals surface area contributed by atoms with Crippen LogP contribution in [0, 0.1) is 0 Å². The van der Waals surface area contributed by atoms with Gasteiger partial charge in [0.2, 0.25) is 0 Å². The fraction of sp³-hybridized carbons (Fsp3) is 0.125. The summed E-state index contributed by atoms with van der Waals surface area (Å²) in [6.07, 6.45) is 0. The minimum Gasteiger partial charge on any atom is -0.394 e. The van der Waals surface area contributed by atoms with Crippen LogP contribution in [-0.2, 0) is 0 Å². The third kappa shape index (κ3) is 2.39. The van der Waals surface area contributed by atoms with Crippen molar-refractivity contribution >= 4 is 22.5 Å². The first-order valence-electron chi connectivity index (χ1n) is 6.76. The van der Waals surface area contributed by atoms with E-state index in [1.165, 1.54) is 4.57 Å². The van der Waals surface area contributed by atoms with E-state index in [9.17, 15) is 9.90 Å². The predicted octanol–water partition coefficient (Wildman–Crippen LogP) is 2.03. The molecule has 3 rings (SSSR count). The van der Waals surface area contributed by atoms with Gasteiger partial charge in [-0.05, 0) is 24.3 Å². The molecule has 0 saturated heterocycles. The standard InChI is InChI=1S/C16H14ClN3O2/c17-11-7-4-8-13-14(11)16(22)20(10-5-2-1-3-6-10)15(19-13)12(18)9-21/h1-8,12,21H,9,18H2. The van der Waals surface area contributed by atoms with Crippen molar-refractivity contribution in [2.75, 3.05) is 6.61 Å². The zero-order valence-corrected chi connectivity index (χ0v) is 12.4. The molecule has 1 unspecified atom stereocenters. The third-order valence-corrected chi connectivity index (χ3v) is 3.73. The number of rotatable bonds is 3. The van der Waals surface area contributed by atoms with E-state index in [0.29, 0.717) is 27.4 Å². The van der Waals surface area contributed by atoms with Crippen LogP contribution in [0.1, 0.15) is 11.9 Å². The number of aliphatic hydroxyl groups excluding tert-OH is 1. The van der Waals surface area contributed by atoms with Gasteiger partial charge in [-0.3, -0.25) is 9.36 Å². The van der Waals surface area contributed by atoms with Crippen LogP contribution in [0.5, 0.6) is 0 Å². The molecule has 0 aliphatic carbocycles. The molecule has 0 aliphatic rings. The molecular formula is C16H14ClN3O2. The maximum Gasteiger partial charge on any atom is 0.267 e. The molecule has 1 atom stereocenters. The normalized spacial score (nSPS) is 12.5. The molecule has 5 nitrogen and oxygen atoms in total. The van der Waals surface area contributed by atoms with E-state index in [1.807, 2.05) is 18.2 Å². The number of aromatic nitrogens is 2. The van der Waals surface area contributed by atoms with Crippen molar-refractivity contribution in [2.24, 2.45) is 5.73 Å². The lowest BCUT2D eigenvalue weighted by Crippen LogP contribution is -2.30. The van der Waals surface area contributed by atoms with Gasteiger partial charge in [-0.1, -0.05) is 35.9 Å². The van der Waals surface area contributed by atoms with E-state index in [0.717, 1.165) is 0 Å². The molecule has 3 aromatic rings. The van der Waals surface area contributed by atoms with E-state index in [4.69, 9.17) is 17.3 Å². The molecule has 0 radical (unpaired) electrons. The molecular weight excluding hydrogens is 302 g/mol. The fourth-order valence-electron chi connectivity index (χ4n) is 2.36. The molecule has 3 N–H and O–H groups in total. The molecule has 0 bridgehead atoms. The molecule has 2 aromatic carbocycles. The Labute approximate surface area is 131 Å². The van der Waals surface area contributed by atoms with Crippen LogP contribution >= 0.6 is 11.6 Å². The summed E-state index contributed by atoms with van der Waals surface area (Å²) >= 11 is 6.15. The van der Waals surface area contributed by atoms with Crippen molar-refractivity contribution in [2.45, 2.75) is 6.04 Å². The molecule has 1 heterocycles. The second kappa shape index (κ2) is 5.88. The van der Waals surface area contributed by atoms with Gasteiger partial charge < -0.3 is 10.8 Å². The summed E-state index contributed by atoms with van der Waals surface area (Å²) in [6, 6.07) is 13.3. The highest BCUT2D eigenvalue weighted by Gasteiger charge is 2.18. The fourth-order valence-corrected chi connectivity index (χ4v) is 2.61. The minimum atomic E-state index is -0.767. The van der Waals surface area contributed by atoms with Gasteiger partial charge in [0.05, 0.1) is 34.3 Å². The molecule has 0 aliphatic heterocycles. The van der Waals surface area contributed by atoms with Gasteiger partial charge in [0.25, 0.3) is 5.56 Å². The van der Waals surface area contributed by atoms with Crippen LogP contribution in [0.2, 0.25) is 5.02 Å². The maximum atomic E-state index is 12.9. The molecule has 0 saturated carbocycles. The number of aliphatic hydroxyl groups is 1. The van der Waals surface area contributed by atoms with Gasteiger partial charge in [-0.2, -0.15) is 0 Å². The lowest BCUT2D eigenvalue weighted by atomic mass is 10.2. The number of hydrogen-bond donors (Lipinski definition) is 2. The quantitative estimate of drug-likeness (QED) is 0.775. The zero-order valence-electron chi connectivity index (χ0n) is 11.6. The van der Waals surface area contributed by atoms with E-state index < -0.39 is 6.04 Å². The van der Waals surface area contributed by atoms with Gasteiger partial charge >= 0.3 is 0 Å². The van der Waals surface area contributed by atoms with Crippen LogP contribution in [0.3, 0.4) is 0 Å². The molecule has 0 fully saturated rings. The number of nitrogens with zero attached hydrogens (tertiary/aromatic N) is 2. The van der Waals surface area contributed by atoms with Crippen LogP contribution in [0.15, 0.2) is 53.3 Å². The van der Waals surface area contributed by atoms with Gasteiger partial charge in [0.15, 0.2) is 0 Å².